The van der Waals surface area contributed by atoms with E-state index in [-0.39, 0.29) is 13.4 Å². The molecular formula is C106H86B2N6. The molecule has 0 aromatic heterocycles. The van der Waals surface area contributed by atoms with E-state index < -0.39 is 0 Å². The maximum atomic E-state index is 2.94. The van der Waals surface area contributed by atoms with Crippen molar-refractivity contribution < 1.29 is 0 Å². The lowest BCUT2D eigenvalue weighted by Crippen LogP contribution is -2.65. The van der Waals surface area contributed by atoms with Crippen LogP contribution in [0.15, 0.2) is 352 Å². The number of anilines is 14. The van der Waals surface area contributed by atoms with Crippen LogP contribution in [0.2, 0.25) is 0 Å². The molecule has 0 aliphatic carbocycles. The average Bonchev–Trinajstić information content (AvgIpc) is 0.678. The predicted molar refractivity (Wildman–Crippen MR) is 483 cm³/mol. The van der Waals surface area contributed by atoms with E-state index in [1.54, 1.807) is 0 Å². The minimum absolute atomic E-state index is 0.199. The maximum absolute atomic E-state index is 2.94. The molecule has 0 amide bonds. The van der Waals surface area contributed by atoms with E-state index >= 15 is 0 Å². The first-order valence-corrected chi connectivity index (χ1v) is 41.9. The minimum atomic E-state index is -0.226. The Morgan fingerprint density at radius 2 is 0.447 bits per heavy atom. The highest BCUT2D eigenvalue weighted by molar-refractivity contribution is 7.03. The van der Waals surface area contributed by atoms with Crippen LogP contribution in [0.5, 0.6) is 0 Å². The molecule has 0 atom stereocenters. The normalized spacial score (nSPS) is 18.0. The molecule has 4 bridgehead atoms. The summed E-state index contributed by atoms with van der Waals surface area (Å²) in [5, 5.41) is 0. The fraction of sp³-hybridized carbons (Fsp3) is 0.151. The van der Waals surface area contributed by atoms with Crippen molar-refractivity contribution in [3.05, 3.63) is 352 Å². The van der Waals surface area contributed by atoms with Gasteiger partial charge in [0.1, 0.15) is 0 Å². The molecule has 546 valence electrons. The molecule has 4 saturated heterocycles. The molecular weight excluding hydrogens is 1380 g/mol. The van der Waals surface area contributed by atoms with E-state index in [9.17, 15) is 0 Å². The second kappa shape index (κ2) is 27.6. The summed E-state index contributed by atoms with van der Waals surface area (Å²) in [5.74, 6) is 0. The van der Waals surface area contributed by atoms with Crippen LogP contribution in [-0.4, -0.2) is 37.6 Å². The molecule has 8 heterocycles. The molecule has 114 heavy (non-hydrogen) atoms. The first-order chi connectivity index (χ1) is 56.6. The van der Waals surface area contributed by atoms with Gasteiger partial charge in [-0.15, -0.1) is 0 Å². The van der Waals surface area contributed by atoms with Crippen molar-refractivity contribution >= 4 is 126 Å². The largest absolute Gasteiger partial charge is 0.365 e. The Morgan fingerprint density at radius 3 is 0.754 bits per heavy atom. The minimum Gasteiger partial charge on any atom is -0.365 e. The monoisotopic (exact) mass is 1460 g/mol. The highest BCUT2D eigenvalue weighted by atomic mass is 15.3. The third-order valence-corrected chi connectivity index (χ3v) is 26.8. The second-order valence-corrected chi connectivity index (χ2v) is 32.9. The molecule has 15 aromatic carbocycles. The fourth-order valence-corrected chi connectivity index (χ4v) is 22.2. The zero-order valence-corrected chi connectivity index (χ0v) is 64.1. The standard InChI is InChI=1S/C106H86B2N6/c1-8-33-71(34-9-1)84-55-30-56-85(72-35-10-2-11-36-72)104(84)112-94-63-24-22-61-90(94)107-92-69-93-97(70-96(92)111(81-45-20-7-21-46-81)98-65-82(66-99(112)102(98)107)109-77-47-26-48-78(109)50-27-49-77)114(106-88(75-41-16-5-17-42-75)59-32-60-89(106)76-43-18-6-19-44-76)101-68-83(110-79-51-28-52-80(110)54-29-53-79)67-100-103(101)108(93)91-62-23-25-64-95(91)113(100)105-86(73-37-12-3-13-38-73)57-31-58-87(105)74-39-14-4-15-40-74/h1-25,30-46,55-70,77-80H,26-29,47-54H2. The van der Waals surface area contributed by atoms with Crippen LogP contribution >= 0.6 is 0 Å². The van der Waals surface area contributed by atoms with Crippen LogP contribution in [0.3, 0.4) is 0 Å². The van der Waals surface area contributed by atoms with Gasteiger partial charge in [0.15, 0.2) is 0 Å². The van der Waals surface area contributed by atoms with Crippen molar-refractivity contribution in [1.29, 1.82) is 0 Å². The summed E-state index contributed by atoms with van der Waals surface area (Å²) in [4.78, 5) is 16.9. The van der Waals surface area contributed by atoms with Gasteiger partial charge in [0.05, 0.1) is 17.1 Å². The molecule has 8 aliphatic rings. The van der Waals surface area contributed by atoms with Gasteiger partial charge < -0.3 is 29.4 Å². The fourth-order valence-electron chi connectivity index (χ4n) is 22.2. The van der Waals surface area contributed by atoms with Gasteiger partial charge in [-0.05, 0) is 198 Å². The summed E-state index contributed by atoms with van der Waals surface area (Å²) >= 11 is 0. The van der Waals surface area contributed by atoms with Gasteiger partial charge in [-0.1, -0.05) is 297 Å². The Kier molecular flexibility index (Phi) is 16.2. The maximum Gasteiger partial charge on any atom is 0.252 e. The van der Waals surface area contributed by atoms with Crippen LogP contribution in [0.1, 0.15) is 77.0 Å². The van der Waals surface area contributed by atoms with E-state index in [0.717, 1.165) is 5.69 Å². The van der Waals surface area contributed by atoms with Gasteiger partial charge in [-0.2, -0.15) is 0 Å². The topological polar surface area (TPSA) is 19.4 Å². The first kappa shape index (κ1) is 67.0. The van der Waals surface area contributed by atoms with Crippen molar-refractivity contribution in [1.82, 2.24) is 0 Å². The summed E-state index contributed by atoms with van der Waals surface area (Å²) in [5.41, 5.74) is 39.0. The lowest BCUT2D eigenvalue weighted by atomic mass is 9.30. The van der Waals surface area contributed by atoms with E-state index in [1.807, 2.05) is 0 Å². The Morgan fingerprint density at radius 1 is 0.193 bits per heavy atom. The average molecular weight is 1470 g/mol. The lowest BCUT2D eigenvalue weighted by Gasteiger charge is -2.51. The van der Waals surface area contributed by atoms with Crippen LogP contribution in [0.25, 0.3) is 66.8 Å². The third kappa shape index (κ3) is 10.7. The number of benzene rings is 15. The molecule has 0 spiro atoms. The zero-order valence-electron chi connectivity index (χ0n) is 64.1. The van der Waals surface area contributed by atoms with E-state index in [0.29, 0.717) is 24.2 Å². The number of para-hydroxylation sites is 6. The van der Waals surface area contributed by atoms with E-state index in [4.69, 9.17) is 0 Å². The van der Waals surface area contributed by atoms with Crippen LogP contribution in [0, 0.1) is 0 Å². The van der Waals surface area contributed by atoms with Gasteiger partial charge >= 0.3 is 0 Å². The Hall–Kier alpha value is -12.8. The number of rotatable bonds is 12. The summed E-state index contributed by atoms with van der Waals surface area (Å²) in [6, 6.07) is 137. The second-order valence-electron chi connectivity index (χ2n) is 32.9. The number of hydrogen-bond acceptors (Lipinski definition) is 6. The molecule has 0 unspecified atom stereocenters. The molecule has 0 saturated carbocycles. The van der Waals surface area contributed by atoms with Gasteiger partial charge in [-0.3, -0.25) is 0 Å². The smallest absolute Gasteiger partial charge is 0.252 e. The Labute approximate surface area is 670 Å². The van der Waals surface area contributed by atoms with Crippen LogP contribution in [-0.2, 0) is 0 Å². The number of hydrogen-bond donors (Lipinski definition) is 0. The Bertz CT molecular complexity index is 6000. The number of fused-ring (bicyclic) bond motifs is 12. The van der Waals surface area contributed by atoms with E-state index in [2.05, 4.69) is 381 Å². The van der Waals surface area contributed by atoms with Crippen LogP contribution < -0.4 is 62.2 Å². The molecule has 8 heteroatoms. The summed E-state index contributed by atoms with van der Waals surface area (Å²) in [6.45, 7) is -0.426. The van der Waals surface area contributed by atoms with Crippen molar-refractivity contribution in [2.24, 2.45) is 0 Å². The quantitative estimate of drug-likeness (QED) is 0.113. The summed E-state index contributed by atoms with van der Waals surface area (Å²) in [7, 11) is 0. The Balaban J connectivity index is 0.871. The molecule has 0 N–H and O–H groups in total. The van der Waals surface area contributed by atoms with Crippen molar-refractivity contribution in [2.45, 2.75) is 101 Å². The molecule has 15 aromatic rings. The van der Waals surface area contributed by atoms with Crippen molar-refractivity contribution in [2.75, 3.05) is 29.4 Å². The molecule has 4 fully saturated rings. The number of piperidine rings is 4. The summed E-state index contributed by atoms with van der Waals surface area (Å²) in [6.07, 6.45) is 14.6. The predicted octanol–water partition coefficient (Wildman–Crippen LogP) is 23.7. The highest BCUT2D eigenvalue weighted by Crippen LogP contribution is 2.58. The first-order valence-electron chi connectivity index (χ1n) is 41.9. The van der Waals surface area contributed by atoms with E-state index in [1.165, 1.54) is 251 Å². The lowest BCUT2D eigenvalue weighted by molar-refractivity contribution is 0.296. The van der Waals surface area contributed by atoms with Crippen LogP contribution in [0.4, 0.5) is 79.6 Å². The number of nitrogens with zero attached hydrogens (tertiary/aromatic N) is 6. The SMILES string of the molecule is c1ccc(-c2cccc(-c3ccccc3)c2N2c3ccccc3B3c4cc5c(cc4N(c4ccccc4)c4cc(N6C7CCCC6CCC7)cc2c43)N(c2c(-c3ccccc3)cccc2-c2ccccc2)c2cc(N3C4CCCC3CCC4)cc3c2B5c2ccccc2N3c2c(-c3ccccc3)cccc2-c2ccccc2)cc1. The molecule has 0 radical (unpaired) electrons. The molecule has 6 nitrogen and oxygen atoms in total. The third-order valence-electron chi connectivity index (χ3n) is 26.8. The van der Waals surface area contributed by atoms with Gasteiger partial charge in [0, 0.05) is 120 Å². The van der Waals surface area contributed by atoms with Gasteiger partial charge in [0.25, 0.3) is 13.4 Å². The molecule has 23 rings (SSSR count). The molecule has 8 aliphatic heterocycles. The zero-order chi connectivity index (χ0) is 74.9. The van der Waals surface area contributed by atoms with Gasteiger partial charge in [-0.25, -0.2) is 0 Å². The summed E-state index contributed by atoms with van der Waals surface area (Å²) < 4.78 is 0. The van der Waals surface area contributed by atoms with Gasteiger partial charge in [0.2, 0.25) is 0 Å². The van der Waals surface area contributed by atoms with Crippen molar-refractivity contribution in [3.8, 4) is 66.8 Å². The van der Waals surface area contributed by atoms with Crippen molar-refractivity contribution in [3.63, 3.8) is 0 Å². The highest BCUT2D eigenvalue weighted by Gasteiger charge is 2.51.